The number of benzene rings is 4. The summed E-state index contributed by atoms with van der Waals surface area (Å²) in [4.78, 5) is 33.5. The van der Waals surface area contributed by atoms with E-state index < -0.39 is 0 Å². The molecule has 51 heavy (non-hydrogen) atoms. The molecule has 2 aliphatic rings. The maximum absolute atomic E-state index is 13.2. The number of amides is 2. The summed E-state index contributed by atoms with van der Waals surface area (Å²) in [5.41, 5.74) is 9.83. The average Bonchev–Trinajstić information content (AvgIpc) is 3.76. The highest BCUT2D eigenvalue weighted by Crippen LogP contribution is 2.34. The van der Waals surface area contributed by atoms with Crippen LogP contribution >= 0.6 is 0 Å². The molecule has 8 heteroatoms. The van der Waals surface area contributed by atoms with E-state index in [-0.39, 0.29) is 17.7 Å². The highest BCUT2D eigenvalue weighted by Gasteiger charge is 2.28. The molecule has 0 spiro atoms. The lowest BCUT2D eigenvalue weighted by Crippen LogP contribution is -2.33. The second-order valence-corrected chi connectivity index (χ2v) is 14.1. The lowest BCUT2D eigenvalue weighted by Gasteiger charge is -2.21. The van der Waals surface area contributed by atoms with Gasteiger partial charge in [-0.05, 0) is 106 Å². The Morgan fingerprint density at radius 1 is 0.843 bits per heavy atom. The molecular weight excluding hydrogens is 633 g/mol. The van der Waals surface area contributed by atoms with Crippen LogP contribution in [0.25, 0.3) is 32.7 Å². The zero-order valence-electron chi connectivity index (χ0n) is 29.4. The number of fused-ring (bicyclic) bond motifs is 5. The van der Waals surface area contributed by atoms with Gasteiger partial charge in [-0.3, -0.25) is 19.5 Å². The molecule has 3 heterocycles. The number of carbonyl (C=O) groups is 2. The number of carbonyl (C=O) groups excluding carboxylic acids is 2. The number of likely N-dealkylation sites (tertiary alicyclic amines) is 1. The Morgan fingerprint density at radius 2 is 1.63 bits per heavy atom. The van der Waals surface area contributed by atoms with Crippen LogP contribution in [0.1, 0.15) is 59.8 Å². The van der Waals surface area contributed by atoms with Crippen molar-refractivity contribution in [1.29, 1.82) is 0 Å². The third kappa shape index (κ3) is 6.80. The fourth-order valence-corrected chi connectivity index (χ4v) is 8.12. The summed E-state index contributed by atoms with van der Waals surface area (Å²) < 4.78 is 2.31. The van der Waals surface area contributed by atoms with Gasteiger partial charge in [0, 0.05) is 82.5 Å². The molecule has 260 valence electrons. The van der Waals surface area contributed by atoms with Gasteiger partial charge in [0.05, 0.1) is 11.4 Å². The summed E-state index contributed by atoms with van der Waals surface area (Å²) in [6.45, 7) is 6.91. The van der Waals surface area contributed by atoms with Gasteiger partial charge in [0.25, 0.3) is 5.91 Å². The first kappa shape index (κ1) is 33.0. The first-order valence-corrected chi connectivity index (χ1v) is 18.6. The molecule has 0 saturated carbocycles. The van der Waals surface area contributed by atoms with Crippen molar-refractivity contribution in [3.8, 4) is 0 Å². The van der Waals surface area contributed by atoms with Gasteiger partial charge in [-0.25, -0.2) is 0 Å². The number of pyridine rings is 1. The summed E-state index contributed by atoms with van der Waals surface area (Å²) in [5, 5.41) is 13.5. The number of aryl methyl sites for hydroxylation is 2. The van der Waals surface area contributed by atoms with E-state index in [1.807, 2.05) is 30.3 Å². The highest BCUT2D eigenvalue weighted by molar-refractivity contribution is 6.11. The Labute approximate surface area is 299 Å². The predicted molar refractivity (Wildman–Crippen MR) is 207 cm³/mol. The molecule has 6 aromatic rings. The third-order valence-electron chi connectivity index (χ3n) is 10.7. The number of rotatable bonds is 11. The van der Waals surface area contributed by atoms with Crippen LogP contribution < -0.4 is 16.0 Å². The second kappa shape index (κ2) is 14.6. The van der Waals surface area contributed by atoms with E-state index in [2.05, 4.69) is 93.0 Å². The van der Waals surface area contributed by atoms with Crippen molar-refractivity contribution in [2.75, 3.05) is 36.8 Å². The van der Waals surface area contributed by atoms with Gasteiger partial charge < -0.3 is 20.5 Å². The largest absolute Gasteiger partial charge is 0.384 e. The zero-order valence-corrected chi connectivity index (χ0v) is 29.4. The van der Waals surface area contributed by atoms with Gasteiger partial charge >= 0.3 is 0 Å². The molecular formula is C43H46N6O2. The number of nitrogens with zero attached hydrogens (tertiary/aromatic N) is 3. The number of nitrogens with one attached hydrogen (secondary N) is 3. The van der Waals surface area contributed by atoms with Gasteiger partial charge in [-0.2, -0.15) is 0 Å². The standard InChI is InChI=1S/C43H46N6O2/c1-2-49-39-15-8-5-10-33(39)36-26-32(20-21-40(36)49)46-43(51)30-18-16-29(17-19-30)27-48-25-22-31(28-48)42(50)45-24-9-23-44-41-34-11-3-6-13-37(34)47-38-14-7-4-12-35(38)41/h3,5-6,8,10-11,13,15-21,26,31H,2,4,7,9,12,14,22-25,27-28H2,1H3,(H,44,47)(H,45,50)(H,46,51). The second-order valence-electron chi connectivity index (χ2n) is 14.1. The van der Waals surface area contributed by atoms with Crippen LogP contribution in [0.5, 0.6) is 0 Å². The van der Waals surface area contributed by atoms with Crippen LogP contribution in [-0.2, 0) is 30.7 Å². The van der Waals surface area contributed by atoms with Crippen LogP contribution in [0.15, 0.2) is 91.0 Å². The van der Waals surface area contributed by atoms with E-state index in [1.54, 1.807) is 0 Å². The van der Waals surface area contributed by atoms with E-state index >= 15 is 0 Å². The molecule has 1 unspecified atom stereocenters. The topological polar surface area (TPSA) is 91.3 Å². The molecule has 1 atom stereocenters. The van der Waals surface area contributed by atoms with Crippen molar-refractivity contribution >= 4 is 55.9 Å². The van der Waals surface area contributed by atoms with Crippen molar-refractivity contribution < 1.29 is 9.59 Å². The van der Waals surface area contributed by atoms with Crippen molar-refractivity contribution in [3.63, 3.8) is 0 Å². The normalized spacial score (nSPS) is 16.1. The fraction of sp³-hybridized carbons (Fsp3) is 0.326. The minimum absolute atomic E-state index is 0.00265. The minimum atomic E-state index is -0.123. The minimum Gasteiger partial charge on any atom is -0.384 e. The van der Waals surface area contributed by atoms with E-state index in [4.69, 9.17) is 4.98 Å². The van der Waals surface area contributed by atoms with Crippen LogP contribution in [0.2, 0.25) is 0 Å². The van der Waals surface area contributed by atoms with Crippen molar-refractivity contribution in [2.24, 2.45) is 5.92 Å². The van der Waals surface area contributed by atoms with Crippen LogP contribution in [0.4, 0.5) is 11.4 Å². The van der Waals surface area contributed by atoms with Crippen LogP contribution in [0, 0.1) is 5.92 Å². The highest BCUT2D eigenvalue weighted by atomic mass is 16.2. The molecule has 1 saturated heterocycles. The third-order valence-corrected chi connectivity index (χ3v) is 10.7. The van der Waals surface area contributed by atoms with E-state index in [0.29, 0.717) is 12.1 Å². The molecule has 3 N–H and O–H groups in total. The number of anilines is 2. The maximum Gasteiger partial charge on any atom is 0.255 e. The summed E-state index contributed by atoms with van der Waals surface area (Å²) in [7, 11) is 0. The average molecular weight is 679 g/mol. The smallest absolute Gasteiger partial charge is 0.255 e. The number of para-hydroxylation sites is 2. The molecule has 8 nitrogen and oxygen atoms in total. The molecule has 2 aromatic heterocycles. The molecule has 1 aliphatic carbocycles. The molecule has 0 bridgehead atoms. The molecule has 8 rings (SSSR count). The monoisotopic (exact) mass is 678 g/mol. The Balaban J connectivity index is 0.804. The van der Waals surface area contributed by atoms with Crippen LogP contribution in [-0.4, -0.2) is 52.4 Å². The molecule has 4 aromatic carbocycles. The van der Waals surface area contributed by atoms with E-state index in [1.165, 1.54) is 51.6 Å². The van der Waals surface area contributed by atoms with Crippen LogP contribution in [0.3, 0.4) is 0 Å². The molecule has 2 amide bonds. The van der Waals surface area contributed by atoms with Gasteiger partial charge in [-0.15, -0.1) is 0 Å². The predicted octanol–water partition coefficient (Wildman–Crippen LogP) is 7.93. The Kier molecular flexibility index (Phi) is 9.41. The first-order chi connectivity index (χ1) is 25.1. The lowest BCUT2D eigenvalue weighted by atomic mass is 9.92. The first-order valence-electron chi connectivity index (χ1n) is 18.6. The molecule has 1 fully saturated rings. The van der Waals surface area contributed by atoms with E-state index in [9.17, 15) is 9.59 Å². The summed E-state index contributed by atoms with van der Waals surface area (Å²) in [6, 6.07) is 30.8. The SMILES string of the molecule is CCn1c2ccccc2c2cc(NC(=O)c3ccc(CN4CCC(C(=O)NCCCNc5c6c(nc7ccccc57)CCCC6)C4)cc3)ccc21. The van der Waals surface area contributed by atoms with Crippen molar-refractivity contribution in [2.45, 2.75) is 58.5 Å². The van der Waals surface area contributed by atoms with Gasteiger partial charge in [-0.1, -0.05) is 48.5 Å². The van der Waals surface area contributed by atoms with Crippen molar-refractivity contribution in [3.05, 3.63) is 113 Å². The van der Waals surface area contributed by atoms with Crippen molar-refractivity contribution in [1.82, 2.24) is 19.8 Å². The Bertz CT molecular complexity index is 2220. The van der Waals surface area contributed by atoms with Gasteiger partial charge in [0.2, 0.25) is 5.91 Å². The molecule has 0 radical (unpaired) electrons. The quantitative estimate of drug-likeness (QED) is 0.121. The van der Waals surface area contributed by atoms with Gasteiger partial charge in [0.1, 0.15) is 0 Å². The van der Waals surface area contributed by atoms with E-state index in [0.717, 1.165) is 80.6 Å². The molecule has 1 aliphatic heterocycles. The Hall–Kier alpha value is -5.21. The fourth-order valence-electron chi connectivity index (χ4n) is 8.12. The Morgan fingerprint density at radius 3 is 2.49 bits per heavy atom. The number of aromatic nitrogens is 2. The van der Waals surface area contributed by atoms with Gasteiger partial charge in [0.15, 0.2) is 0 Å². The summed E-state index contributed by atoms with van der Waals surface area (Å²) in [6.07, 6.45) is 6.28. The zero-order chi connectivity index (χ0) is 34.7. The maximum atomic E-state index is 13.2. The summed E-state index contributed by atoms with van der Waals surface area (Å²) in [5.74, 6) is 0.0262. The summed E-state index contributed by atoms with van der Waals surface area (Å²) >= 11 is 0. The number of hydrogen-bond donors (Lipinski definition) is 3. The number of hydrogen-bond acceptors (Lipinski definition) is 5. The lowest BCUT2D eigenvalue weighted by molar-refractivity contribution is -0.124.